The number of carbonyl (C=O) groups is 2. The van der Waals surface area contributed by atoms with Gasteiger partial charge in [0.2, 0.25) is 0 Å². The van der Waals surface area contributed by atoms with E-state index >= 15 is 0 Å². The maximum atomic E-state index is 12.0. The molecule has 2 rings (SSSR count). The van der Waals surface area contributed by atoms with E-state index in [4.69, 9.17) is 16.3 Å². The van der Waals surface area contributed by atoms with Crippen LogP contribution in [-0.2, 0) is 9.59 Å². The fourth-order valence-electron chi connectivity index (χ4n) is 2.27. The van der Waals surface area contributed by atoms with Crippen LogP contribution in [-0.4, -0.2) is 28.7 Å². The number of nitrogens with one attached hydrogen (secondary N) is 1. The van der Waals surface area contributed by atoms with Gasteiger partial charge in [-0.2, -0.15) is 0 Å². The third-order valence-corrected chi connectivity index (χ3v) is 4.18. The second-order valence-corrected chi connectivity index (χ2v) is 6.17. The number of ether oxygens (including phenoxy) is 1. The summed E-state index contributed by atoms with van der Waals surface area (Å²) >= 11 is 6.07. The minimum atomic E-state index is -1.42. The number of carboxylic acids is 1. The minimum Gasteiger partial charge on any atom is -0.872 e. The Morgan fingerprint density at radius 3 is 2.41 bits per heavy atom. The fourth-order valence-corrected chi connectivity index (χ4v) is 2.38. The summed E-state index contributed by atoms with van der Waals surface area (Å²) < 4.78 is 5.37. The summed E-state index contributed by atoms with van der Waals surface area (Å²) in [6.45, 7) is 3.17. The fraction of sp³-hybridized carbons (Fsp3) is 0.158. The van der Waals surface area contributed by atoms with Crippen molar-refractivity contribution in [3.05, 3.63) is 57.7 Å². The zero-order valence-electron chi connectivity index (χ0n) is 14.6. The number of phenols is 1. The zero-order chi connectivity index (χ0) is 20.1. The molecule has 8 heteroatoms. The van der Waals surface area contributed by atoms with E-state index in [9.17, 15) is 24.9 Å². The van der Waals surface area contributed by atoms with Crippen molar-refractivity contribution in [3.8, 4) is 17.2 Å². The molecule has 0 aliphatic rings. The summed E-state index contributed by atoms with van der Waals surface area (Å²) in [6, 6.07) is 6.76. The zero-order valence-corrected chi connectivity index (χ0v) is 15.3. The second-order valence-electron chi connectivity index (χ2n) is 5.79. The smallest absolute Gasteiger partial charge is 0.352 e. The number of carbonyl (C=O) groups excluding carboxylic acids is 1. The molecule has 0 aromatic heterocycles. The summed E-state index contributed by atoms with van der Waals surface area (Å²) in [5, 5.41) is 33.0. The standard InChI is InChI=1S/C19H18ClNO6/c1-10-5-14(6-11(2)18(10)20)27-9-17(24)21-15(19(25)26)7-12-3-4-13(22)8-16(12)23/h3-8,22-23H,9H2,1-2H3,(H,21,24)(H,25,26)/p-1/b15-7+. The van der Waals surface area contributed by atoms with Crippen molar-refractivity contribution in [1.82, 2.24) is 5.32 Å². The van der Waals surface area contributed by atoms with Gasteiger partial charge in [0.15, 0.2) is 6.61 Å². The molecule has 0 saturated heterocycles. The Hall–Kier alpha value is -3.19. The Kier molecular flexibility index (Phi) is 6.31. The van der Waals surface area contributed by atoms with Gasteiger partial charge in [0, 0.05) is 5.02 Å². The molecular formula is C19H17ClNO6-. The molecule has 2 aromatic rings. The van der Waals surface area contributed by atoms with Crippen molar-refractivity contribution in [3.63, 3.8) is 0 Å². The number of amides is 1. The molecule has 0 fully saturated rings. The van der Waals surface area contributed by atoms with E-state index in [0.29, 0.717) is 10.8 Å². The number of phenolic OH excluding ortho intramolecular Hbond substituents is 1. The van der Waals surface area contributed by atoms with E-state index in [2.05, 4.69) is 5.32 Å². The molecule has 0 aliphatic carbocycles. The van der Waals surface area contributed by atoms with Gasteiger partial charge in [0.05, 0.1) is 0 Å². The highest BCUT2D eigenvalue weighted by Gasteiger charge is 2.13. The number of aliphatic carboxylic acids is 1. The molecule has 27 heavy (non-hydrogen) atoms. The molecule has 142 valence electrons. The largest absolute Gasteiger partial charge is 0.872 e. The van der Waals surface area contributed by atoms with Crippen LogP contribution in [0, 0.1) is 13.8 Å². The lowest BCUT2D eigenvalue weighted by Crippen LogP contribution is -2.31. The highest BCUT2D eigenvalue weighted by atomic mass is 35.5. The van der Waals surface area contributed by atoms with E-state index in [-0.39, 0.29) is 11.3 Å². The van der Waals surface area contributed by atoms with Gasteiger partial charge in [-0.15, -0.1) is 0 Å². The van der Waals surface area contributed by atoms with Gasteiger partial charge in [-0.05, 0) is 60.9 Å². The van der Waals surface area contributed by atoms with E-state index in [1.807, 2.05) is 0 Å². The predicted octanol–water partition coefficient (Wildman–Crippen LogP) is 2.36. The predicted molar refractivity (Wildman–Crippen MR) is 97.7 cm³/mol. The molecule has 3 N–H and O–H groups in total. The van der Waals surface area contributed by atoms with Crippen molar-refractivity contribution >= 4 is 29.6 Å². The first-order valence-corrected chi connectivity index (χ1v) is 8.19. The first kappa shape index (κ1) is 20.1. The van der Waals surface area contributed by atoms with Crippen LogP contribution in [0.4, 0.5) is 0 Å². The lowest BCUT2D eigenvalue weighted by atomic mass is 10.1. The summed E-state index contributed by atoms with van der Waals surface area (Å²) in [4.78, 5) is 23.3. The van der Waals surface area contributed by atoms with Crippen LogP contribution in [0.15, 0.2) is 36.0 Å². The van der Waals surface area contributed by atoms with Crippen molar-refractivity contribution in [1.29, 1.82) is 0 Å². The van der Waals surface area contributed by atoms with Gasteiger partial charge in [-0.3, -0.25) is 4.79 Å². The number of rotatable bonds is 6. The van der Waals surface area contributed by atoms with Gasteiger partial charge in [0.1, 0.15) is 17.2 Å². The Morgan fingerprint density at radius 2 is 1.85 bits per heavy atom. The van der Waals surface area contributed by atoms with Gasteiger partial charge in [-0.1, -0.05) is 23.4 Å². The van der Waals surface area contributed by atoms with Crippen molar-refractivity contribution in [2.24, 2.45) is 0 Å². The Morgan fingerprint density at radius 1 is 1.22 bits per heavy atom. The molecule has 0 spiro atoms. The van der Waals surface area contributed by atoms with E-state index < -0.39 is 29.9 Å². The summed E-state index contributed by atoms with van der Waals surface area (Å²) in [6.07, 6.45) is 1.01. The Balaban J connectivity index is 2.09. The molecule has 0 atom stereocenters. The monoisotopic (exact) mass is 390 g/mol. The molecule has 0 saturated carbocycles. The number of carboxylic acid groups (broad SMARTS) is 1. The number of benzene rings is 2. The molecule has 7 nitrogen and oxygen atoms in total. The van der Waals surface area contributed by atoms with Gasteiger partial charge in [-0.25, -0.2) is 4.79 Å². The molecule has 0 unspecified atom stereocenters. The summed E-state index contributed by atoms with van der Waals surface area (Å²) in [7, 11) is 0. The summed E-state index contributed by atoms with van der Waals surface area (Å²) in [5.41, 5.74) is 1.09. The summed E-state index contributed by atoms with van der Waals surface area (Å²) in [5.74, 6) is -2.52. The molecular weight excluding hydrogens is 374 g/mol. The Bertz CT molecular complexity index is 899. The van der Waals surface area contributed by atoms with Crippen molar-refractivity contribution < 1.29 is 29.6 Å². The topological polar surface area (TPSA) is 119 Å². The van der Waals surface area contributed by atoms with Crippen LogP contribution < -0.4 is 15.2 Å². The average Bonchev–Trinajstić information content (AvgIpc) is 2.59. The number of hydrogen-bond acceptors (Lipinski definition) is 5. The normalized spacial score (nSPS) is 11.1. The average molecular weight is 391 g/mol. The van der Waals surface area contributed by atoms with Crippen molar-refractivity contribution in [2.45, 2.75) is 13.8 Å². The van der Waals surface area contributed by atoms with Gasteiger partial charge in [0.25, 0.3) is 5.91 Å². The first-order chi connectivity index (χ1) is 12.7. The number of aromatic hydroxyl groups is 1. The third-order valence-electron chi connectivity index (χ3n) is 3.58. The molecule has 0 bridgehead atoms. The van der Waals surface area contributed by atoms with Crippen LogP contribution in [0.2, 0.25) is 5.02 Å². The molecule has 0 radical (unpaired) electrons. The van der Waals surface area contributed by atoms with Gasteiger partial charge >= 0.3 is 5.97 Å². The lowest BCUT2D eigenvalue weighted by molar-refractivity contribution is -0.268. The number of hydrogen-bond donors (Lipinski definition) is 3. The highest BCUT2D eigenvalue weighted by molar-refractivity contribution is 6.32. The van der Waals surface area contributed by atoms with Crippen LogP contribution in [0.1, 0.15) is 16.7 Å². The van der Waals surface area contributed by atoms with Gasteiger partial charge < -0.3 is 25.4 Å². The van der Waals surface area contributed by atoms with Crippen LogP contribution in [0.5, 0.6) is 17.2 Å². The highest BCUT2D eigenvalue weighted by Crippen LogP contribution is 2.26. The maximum Gasteiger partial charge on any atom is 0.352 e. The number of halogens is 1. The second kappa shape index (κ2) is 8.46. The van der Waals surface area contributed by atoms with E-state index in [1.54, 1.807) is 26.0 Å². The van der Waals surface area contributed by atoms with Crippen LogP contribution in [0.3, 0.4) is 0 Å². The number of aryl methyl sites for hydroxylation is 2. The molecule has 0 aliphatic heterocycles. The SMILES string of the molecule is Cc1cc(OCC(=O)N/C(=C/c2ccc(O)cc2[O-])C(=O)O)cc(C)c1Cl. The van der Waals surface area contributed by atoms with E-state index in [0.717, 1.165) is 23.3 Å². The maximum absolute atomic E-state index is 12.0. The van der Waals surface area contributed by atoms with Crippen LogP contribution in [0.25, 0.3) is 6.08 Å². The lowest BCUT2D eigenvalue weighted by Gasteiger charge is -2.13. The van der Waals surface area contributed by atoms with Crippen molar-refractivity contribution in [2.75, 3.05) is 6.61 Å². The Labute approximate surface area is 160 Å². The molecule has 1 amide bonds. The molecule has 0 heterocycles. The molecule has 2 aromatic carbocycles. The quantitative estimate of drug-likeness (QED) is 0.651. The minimum absolute atomic E-state index is 0.00960. The first-order valence-electron chi connectivity index (χ1n) is 7.82. The van der Waals surface area contributed by atoms with Crippen LogP contribution >= 0.6 is 11.6 Å². The third kappa shape index (κ3) is 5.39. The van der Waals surface area contributed by atoms with E-state index in [1.165, 1.54) is 12.1 Å².